The molecule has 1 aliphatic rings. The lowest BCUT2D eigenvalue weighted by Gasteiger charge is -2.06. The molecule has 112 valence electrons. The molecule has 0 unspecified atom stereocenters. The summed E-state index contributed by atoms with van der Waals surface area (Å²) in [6.45, 7) is 1.83. The predicted molar refractivity (Wildman–Crippen MR) is 85.0 cm³/mol. The minimum Gasteiger partial charge on any atom is -0.300 e. The summed E-state index contributed by atoms with van der Waals surface area (Å²) in [6.07, 6.45) is 3.02. The first-order valence-electron chi connectivity index (χ1n) is 6.81. The highest BCUT2D eigenvalue weighted by molar-refractivity contribution is 8.00. The number of hydrogen-bond acceptors (Lipinski definition) is 7. The second kappa shape index (κ2) is 6.42. The molecule has 0 atom stereocenters. The van der Waals surface area contributed by atoms with Gasteiger partial charge in [0.2, 0.25) is 11.0 Å². The molecule has 1 aliphatic carbocycles. The summed E-state index contributed by atoms with van der Waals surface area (Å²) in [4.78, 5) is 16.5. The number of anilines is 1. The summed E-state index contributed by atoms with van der Waals surface area (Å²) in [7, 11) is 0. The number of rotatable bonds is 4. The minimum absolute atomic E-state index is 0.174. The van der Waals surface area contributed by atoms with E-state index >= 15 is 0 Å². The van der Waals surface area contributed by atoms with Crippen LogP contribution in [0.1, 0.15) is 28.2 Å². The van der Waals surface area contributed by atoms with Crippen molar-refractivity contribution in [1.29, 1.82) is 5.26 Å². The van der Waals surface area contributed by atoms with Crippen molar-refractivity contribution < 1.29 is 4.79 Å². The second-order valence-corrected chi connectivity index (χ2v) is 7.02. The van der Waals surface area contributed by atoms with Crippen LogP contribution in [0.2, 0.25) is 0 Å². The van der Waals surface area contributed by atoms with Crippen molar-refractivity contribution >= 4 is 34.1 Å². The minimum atomic E-state index is -0.174. The normalized spacial score (nSPS) is 12.7. The van der Waals surface area contributed by atoms with Crippen LogP contribution in [-0.4, -0.2) is 26.8 Å². The lowest BCUT2D eigenvalue weighted by Crippen LogP contribution is -2.14. The number of carbonyl (C=O) groups excluding carboxylic acids is 1. The van der Waals surface area contributed by atoms with Gasteiger partial charge in [0.1, 0.15) is 16.1 Å². The summed E-state index contributed by atoms with van der Waals surface area (Å²) in [6, 6.07) is 4.07. The van der Waals surface area contributed by atoms with E-state index < -0.39 is 0 Å². The Morgan fingerprint density at radius 3 is 3.09 bits per heavy atom. The molecule has 1 amide bonds. The third-order valence-corrected chi connectivity index (χ3v) is 4.99. The van der Waals surface area contributed by atoms with Crippen molar-refractivity contribution in [2.45, 2.75) is 31.2 Å². The van der Waals surface area contributed by atoms with Gasteiger partial charge in [0.15, 0.2) is 0 Å². The molecule has 0 fully saturated rings. The number of nitrogens with one attached hydrogen (secondary N) is 1. The maximum Gasteiger partial charge on any atom is 0.236 e. The lowest BCUT2D eigenvalue weighted by molar-refractivity contribution is -0.113. The molecule has 0 aromatic carbocycles. The van der Waals surface area contributed by atoms with Gasteiger partial charge < -0.3 is 0 Å². The zero-order valence-electron chi connectivity index (χ0n) is 11.9. The average molecular weight is 331 g/mol. The molecule has 0 aliphatic heterocycles. The maximum absolute atomic E-state index is 11.9. The van der Waals surface area contributed by atoms with Gasteiger partial charge in [0.05, 0.1) is 11.3 Å². The van der Waals surface area contributed by atoms with Crippen LogP contribution in [0, 0.1) is 18.3 Å². The van der Waals surface area contributed by atoms with Gasteiger partial charge in [-0.3, -0.25) is 10.1 Å². The van der Waals surface area contributed by atoms with Gasteiger partial charge in [0, 0.05) is 5.69 Å². The van der Waals surface area contributed by atoms with E-state index in [1.165, 1.54) is 23.1 Å². The van der Waals surface area contributed by atoms with Crippen LogP contribution in [-0.2, 0) is 17.6 Å². The first kappa shape index (κ1) is 14.9. The van der Waals surface area contributed by atoms with Crippen molar-refractivity contribution in [3.05, 3.63) is 27.9 Å². The number of nitrogens with zero attached hydrogens (tertiary/aromatic N) is 4. The van der Waals surface area contributed by atoms with Crippen LogP contribution >= 0.6 is 23.1 Å². The Bertz CT molecular complexity index is 765. The Morgan fingerprint density at radius 1 is 1.50 bits per heavy atom. The van der Waals surface area contributed by atoms with Gasteiger partial charge >= 0.3 is 0 Å². The Kier molecular flexibility index (Phi) is 4.36. The summed E-state index contributed by atoms with van der Waals surface area (Å²) in [5, 5.41) is 21.6. The molecule has 0 spiro atoms. The van der Waals surface area contributed by atoms with E-state index in [1.54, 1.807) is 0 Å². The number of carbonyl (C=O) groups is 1. The Morgan fingerprint density at radius 2 is 2.36 bits per heavy atom. The molecule has 0 radical (unpaired) electrons. The Balaban J connectivity index is 1.66. The fourth-order valence-corrected chi connectivity index (χ4v) is 3.66. The van der Waals surface area contributed by atoms with Crippen LogP contribution in [0.25, 0.3) is 0 Å². The van der Waals surface area contributed by atoms with Crippen molar-refractivity contribution in [2.24, 2.45) is 0 Å². The molecule has 2 aromatic heterocycles. The summed E-state index contributed by atoms with van der Waals surface area (Å²) < 4.78 is 0. The van der Waals surface area contributed by atoms with Gasteiger partial charge in [-0.25, -0.2) is 4.98 Å². The highest BCUT2D eigenvalue weighted by Gasteiger charge is 2.17. The van der Waals surface area contributed by atoms with Crippen molar-refractivity contribution in [1.82, 2.24) is 15.2 Å². The van der Waals surface area contributed by atoms with Crippen LogP contribution in [0.4, 0.5) is 5.13 Å². The van der Waals surface area contributed by atoms with Gasteiger partial charge in [-0.05, 0) is 37.8 Å². The molecule has 0 saturated carbocycles. The number of aromatic nitrogens is 3. The monoisotopic (exact) mass is 331 g/mol. The van der Waals surface area contributed by atoms with Crippen LogP contribution < -0.4 is 5.32 Å². The standard InChI is InChI=1S/C14H13N5OS2/c1-8-18-19-14(22-8)17-12(20)7-21-13-10(6-15)5-9-3-2-4-11(9)16-13/h5H,2-4,7H2,1H3,(H,17,19,20). The van der Waals surface area contributed by atoms with Gasteiger partial charge in [-0.1, -0.05) is 23.1 Å². The second-order valence-electron chi connectivity index (χ2n) is 4.88. The zero-order valence-corrected chi connectivity index (χ0v) is 13.6. The van der Waals surface area contributed by atoms with Gasteiger partial charge in [-0.2, -0.15) is 5.26 Å². The maximum atomic E-state index is 11.9. The summed E-state index contributed by atoms with van der Waals surface area (Å²) >= 11 is 2.61. The third-order valence-electron chi connectivity index (χ3n) is 3.25. The summed E-state index contributed by atoms with van der Waals surface area (Å²) in [5.74, 6) is 0.0198. The van der Waals surface area contributed by atoms with E-state index in [-0.39, 0.29) is 11.7 Å². The van der Waals surface area contributed by atoms with Crippen molar-refractivity contribution in [2.75, 3.05) is 11.1 Å². The molecular formula is C14H13N5OS2. The molecule has 2 aromatic rings. The first-order valence-corrected chi connectivity index (χ1v) is 8.61. The molecular weight excluding hydrogens is 318 g/mol. The lowest BCUT2D eigenvalue weighted by atomic mass is 10.2. The molecule has 6 nitrogen and oxygen atoms in total. The number of fused-ring (bicyclic) bond motifs is 1. The van der Waals surface area contributed by atoms with E-state index in [2.05, 4.69) is 26.6 Å². The molecule has 0 bridgehead atoms. The molecule has 1 N–H and O–H groups in total. The SMILES string of the molecule is Cc1nnc(NC(=O)CSc2nc3c(cc2C#N)CCC3)s1. The number of hydrogen-bond donors (Lipinski definition) is 1. The zero-order chi connectivity index (χ0) is 15.5. The Labute approximate surface area is 136 Å². The average Bonchev–Trinajstić information content (AvgIpc) is 3.12. The number of amides is 1. The van der Waals surface area contributed by atoms with Gasteiger partial charge in [0.25, 0.3) is 0 Å². The van der Waals surface area contributed by atoms with Gasteiger partial charge in [-0.15, -0.1) is 10.2 Å². The number of thioether (sulfide) groups is 1. The molecule has 3 rings (SSSR count). The van der Waals surface area contributed by atoms with E-state index in [0.717, 1.165) is 35.5 Å². The largest absolute Gasteiger partial charge is 0.300 e. The number of nitriles is 1. The summed E-state index contributed by atoms with van der Waals surface area (Å²) in [5.41, 5.74) is 2.77. The van der Waals surface area contributed by atoms with Crippen LogP contribution in [0.3, 0.4) is 0 Å². The van der Waals surface area contributed by atoms with Crippen LogP contribution in [0.15, 0.2) is 11.1 Å². The fraction of sp³-hybridized carbons (Fsp3) is 0.357. The molecule has 2 heterocycles. The van der Waals surface area contributed by atoms with Crippen LogP contribution in [0.5, 0.6) is 0 Å². The molecule has 8 heteroatoms. The molecule has 22 heavy (non-hydrogen) atoms. The smallest absolute Gasteiger partial charge is 0.236 e. The topological polar surface area (TPSA) is 91.6 Å². The van der Waals surface area contributed by atoms with Crippen molar-refractivity contribution in [3.8, 4) is 6.07 Å². The third kappa shape index (κ3) is 3.26. The highest BCUT2D eigenvalue weighted by Crippen LogP contribution is 2.28. The highest BCUT2D eigenvalue weighted by atomic mass is 32.2. The van der Waals surface area contributed by atoms with Crippen molar-refractivity contribution in [3.63, 3.8) is 0 Å². The first-order chi connectivity index (χ1) is 10.7. The number of aryl methyl sites for hydroxylation is 3. The quantitative estimate of drug-likeness (QED) is 0.865. The molecule has 0 saturated heterocycles. The Hall–Kier alpha value is -1.98. The van der Waals surface area contributed by atoms with E-state index in [0.29, 0.717) is 15.7 Å². The predicted octanol–water partition coefficient (Wildman–Crippen LogP) is 2.33. The van der Waals surface area contributed by atoms with E-state index in [1.807, 2.05) is 13.0 Å². The van der Waals surface area contributed by atoms with E-state index in [4.69, 9.17) is 0 Å². The van der Waals surface area contributed by atoms with E-state index in [9.17, 15) is 10.1 Å². The fourth-order valence-electron chi connectivity index (χ4n) is 2.28. The number of pyridine rings is 1.